The maximum absolute atomic E-state index is 12.4. The van der Waals surface area contributed by atoms with E-state index in [2.05, 4.69) is 27.9 Å². The van der Waals surface area contributed by atoms with Crippen LogP contribution in [-0.2, 0) is 4.74 Å². The molecule has 5 heteroatoms. The number of benzene rings is 2. The van der Waals surface area contributed by atoms with Crippen LogP contribution >= 0.6 is 22.6 Å². The molecule has 0 aromatic heterocycles. The van der Waals surface area contributed by atoms with Crippen molar-refractivity contribution in [1.29, 1.82) is 0 Å². The summed E-state index contributed by atoms with van der Waals surface area (Å²) in [6, 6.07) is 12.4. The monoisotopic (exact) mass is 409 g/mol. The highest BCUT2D eigenvalue weighted by Crippen LogP contribution is 2.20. The van der Waals surface area contributed by atoms with Crippen LogP contribution in [0.1, 0.15) is 33.2 Å². The van der Waals surface area contributed by atoms with E-state index < -0.39 is 5.97 Å². The SMILES string of the molecule is CCOC(=O)c1ccccc1NC(=O)c1ccc(C)cc1I. The van der Waals surface area contributed by atoms with Crippen LogP contribution in [0, 0.1) is 10.5 Å². The number of nitrogens with one attached hydrogen (secondary N) is 1. The third kappa shape index (κ3) is 3.85. The number of carbonyl (C=O) groups excluding carboxylic acids is 2. The summed E-state index contributed by atoms with van der Waals surface area (Å²) in [5, 5.41) is 2.78. The van der Waals surface area contributed by atoms with Crippen LogP contribution in [0.15, 0.2) is 42.5 Å². The first-order chi connectivity index (χ1) is 10.5. The highest BCUT2D eigenvalue weighted by Gasteiger charge is 2.16. The van der Waals surface area contributed by atoms with E-state index in [1.807, 2.05) is 19.1 Å². The predicted molar refractivity (Wildman–Crippen MR) is 94.2 cm³/mol. The van der Waals surface area contributed by atoms with Gasteiger partial charge in [-0.15, -0.1) is 0 Å². The van der Waals surface area contributed by atoms with Crippen molar-refractivity contribution in [1.82, 2.24) is 0 Å². The first-order valence-corrected chi connectivity index (χ1v) is 7.94. The lowest BCUT2D eigenvalue weighted by Gasteiger charge is -2.11. The van der Waals surface area contributed by atoms with Crippen molar-refractivity contribution in [3.63, 3.8) is 0 Å². The van der Waals surface area contributed by atoms with E-state index in [1.54, 1.807) is 37.3 Å². The zero-order chi connectivity index (χ0) is 16.1. The Morgan fingerprint density at radius 1 is 1.14 bits per heavy atom. The number of aryl methyl sites for hydroxylation is 1. The molecule has 0 radical (unpaired) electrons. The minimum absolute atomic E-state index is 0.249. The zero-order valence-corrected chi connectivity index (χ0v) is 14.5. The number of halogens is 1. The van der Waals surface area contributed by atoms with Crippen LogP contribution in [0.2, 0.25) is 0 Å². The Balaban J connectivity index is 2.27. The zero-order valence-electron chi connectivity index (χ0n) is 12.4. The molecule has 1 amide bonds. The third-order valence-electron chi connectivity index (χ3n) is 3.04. The lowest BCUT2D eigenvalue weighted by Crippen LogP contribution is -2.17. The summed E-state index contributed by atoms with van der Waals surface area (Å²) in [6.07, 6.45) is 0. The number of para-hydroxylation sites is 1. The number of hydrogen-bond donors (Lipinski definition) is 1. The molecule has 0 aliphatic heterocycles. The molecule has 0 aliphatic carbocycles. The number of carbonyl (C=O) groups is 2. The normalized spacial score (nSPS) is 10.1. The summed E-state index contributed by atoms with van der Waals surface area (Å²) in [5.41, 5.74) is 2.46. The van der Waals surface area contributed by atoms with Crippen molar-refractivity contribution in [3.8, 4) is 0 Å². The summed E-state index contributed by atoms with van der Waals surface area (Å²) in [7, 11) is 0. The van der Waals surface area contributed by atoms with Crippen LogP contribution < -0.4 is 5.32 Å². The third-order valence-corrected chi connectivity index (χ3v) is 3.93. The van der Waals surface area contributed by atoms with Gasteiger partial charge in [0, 0.05) is 3.57 Å². The maximum Gasteiger partial charge on any atom is 0.340 e. The van der Waals surface area contributed by atoms with Gasteiger partial charge in [-0.1, -0.05) is 23.8 Å². The molecule has 2 aromatic carbocycles. The summed E-state index contributed by atoms with van der Waals surface area (Å²) >= 11 is 2.13. The van der Waals surface area contributed by atoms with Gasteiger partial charge in [0.25, 0.3) is 5.91 Å². The topological polar surface area (TPSA) is 55.4 Å². The molecule has 2 aromatic rings. The molecule has 0 spiro atoms. The molecule has 4 nitrogen and oxygen atoms in total. The number of anilines is 1. The lowest BCUT2D eigenvalue weighted by atomic mass is 10.1. The van der Waals surface area contributed by atoms with Crippen molar-refractivity contribution in [2.75, 3.05) is 11.9 Å². The Morgan fingerprint density at radius 3 is 2.55 bits per heavy atom. The molecule has 0 atom stereocenters. The number of rotatable bonds is 4. The van der Waals surface area contributed by atoms with Crippen molar-refractivity contribution in [3.05, 3.63) is 62.7 Å². The summed E-state index contributed by atoms with van der Waals surface area (Å²) in [6.45, 7) is 4.00. The molecule has 114 valence electrons. The summed E-state index contributed by atoms with van der Waals surface area (Å²) < 4.78 is 5.87. The van der Waals surface area contributed by atoms with E-state index >= 15 is 0 Å². The molecule has 0 heterocycles. The fraction of sp³-hybridized carbons (Fsp3) is 0.176. The molecule has 22 heavy (non-hydrogen) atoms. The van der Waals surface area contributed by atoms with Gasteiger partial charge >= 0.3 is 5.97 Å². The molecular formula is C17H16INO3. The Kier molecular flexibility index (Phi) is 5.54. The van der Waals surface area contributed by atoms with E-state index in [4.69, 9.17) is 4.74 Å². The van der Waals surface area contributed by atoms with Crippen molar-refractivity contribution < 1.29 is 14.3 Å². The number of amides is 1. The van der Waals surface area contributed by atoms with Gasteiger partial charge in [0.2, 0.25) is 0 Å². The van der Waals surface area contributed by atoms with E-state index in [9.17, 15) is 9.59 Å². The fourth-order valence-corrected chi connectivity index (χ4v) is 2.89. The maximum atomic E-state index is 12.4. The highest BCUT2D eigenvalue weighted by molar-refractivity contribution is 14.1. The minimum Gasteiger partial charge on any atom is -0.462 e. The average molecular weight is 409 g/mol. The molecule has 2 rings (SSSR count). The standard InChI is InChI=1S/C17H16INO3/c1-3-22-17(21)13-6-4-5-7-15(13)19-16(20)12-9-8-11(2)10-14(12)18/h4-10H,3H2,1-2H3,(H,19,20). The van der Waals surface area contributed by atoms with Gasteiger partial charge in [0.1, 0.15) is 0 Å². The van der Waals surface area contributed by atoms with Gasteiger partial charge in [-0.2, -0.15) is 0 Å². The first kappa shape index (κ1) is 16.5. The minimum atomic E-state index is -0.447. The molecule has 0 aliphatic rings. The van der Waals surface area contributed by atoms with Crippen LogP contribution in [0.4, 0.5) is 5.69 Å². The molecule has 0 bridgehead atoms. The fourth-order valence-electron chi connectivity index (χ4n) is 1.97. The second kappa shape index (κ2) is 7.40. The van der Waals surface area contributed by atoms with Gasteiger partial charge < -0.3 is 10.1 Å². The molecule has 0 saturated carbocycles. The number of esters is 1. The molecule has 0 fully saturated rings. The van der Waals surface area contributed by atoms with Gasteiger partial charge in [0.05, 0.1) is 23.4 Å². The Morgan fingerprint density at radius 2 is 1.86 bits per heavy atom. The van der Waals surface area contributed by atoms with Crippen LogP contribution in [0.5, 0.6) is 0 Å². The van der Waals surface area contributed by atoms with Crippen LogP contribution in [0.3, 0.4) is 0 Å². The Labute approximate surface area is 143 Å². The van der Waals surface area contributed by atoms with Gasteiger partial charge in [-0.05, 0) is 60.7 Å². The Bertz CT molecular complexity index is 713. The second-order valence-electron chi connectivity index (χ2n) is 4.70. The largest absolute Gasteiger partial charge is 0.462 e. The summed E-state index contributed by atoms with van der Waals surface area (Å²) in [4.78, 5) is 24.3. The second-order valence-corrected chi connectivity index (χ2v) is 5.87. The van der Waals surface area contributed by atoms with E-state index in [-0.39, 0.29) is 12.5 Å². The quantitative estimate of drug-likeness (QED) is 0.613. The summed E-state index contributed by atoms with van der Waals surface area (Å²) in [5.74, 6) is -0.696. The predicted octanol–water partition coefficient (Wildman–Crippen LogP) is 4.03. The van der Waals surface area contributed by atoms with Crippen molar-refractivity contribution in [2.45, 2.75) is 13.8 Å². The highest BCUT2D eigenvalue weighted by atomic mass is 127. The van der Waals surface area contributed by atoms with Crippen LogP contribution in [-0.4, -0.2) is 18.5 Å². The van der Waals surface area contributed by atoms with Crippen molar-refractivity contribution >= 4 is 40.2 Å². The van der Waals surface area contributed by atoms with Gasteiger partial charge in [-0.3, -0.25) is 4.79 Å². The lowest BCUT2D eigenvalue weighted by molar-refractivity contribution is 0.0527. The van der Waals surface area contributed by atoms with Crippen molar-refractivity contribution in [2.24, 2.45) is 0 Å². The molecule has 1 N–H and O–H groups in total. The number of ether oxygens (including phenoxy) is 1. The molecular weight excluding hydrogens is 393 g/mol. The average Bonchev–Trinajstić information content (AvgIpc) is 2.47. The van der Waals surface area contributed by atoms with Gasteiger partial charge in [0.15, 0.2) is 0 Å². The van der Waals surface area contributed by atoms with Crippen LogP contribution in [0.25, 0.3) is 0 Å². The first-order valence-electron chi connectivity index (χ1n) is 6.86. The molecule has 0 saturated heterocycles. The van der Waals surface area contributed by atoms with E-state index in [0.29, 0.717) is 16.8 Å². The Hall–Kier alpha value is -1.89. The van der Waals surface area contributed by atoms with E-state index in [0.717, 1.165) is 9.13 Å². The smallest absolute Gasteiger partial charge is 0.340 e. The molecule has 0 unspecified atom stereocenters. The number of hydrogen-bond acceptors (Lipinski definition) is 3. The van der Waals surface area contributed by atoms with E-state index in [1.165, 1.54) is 0 Å². The van der Waals surface area contributed by atoms with Gasteiger partial charge in [-0.25, -0.2) is 4.79 Å².